The van der Waals surface area contributed by atoms with Gasteiger partial charge in [0, 0.05) is 5.02 Å². The van der Waals surface area contributed by atoms with Gasteiger partial charge in [-0.2, -0.15) is 13.2 Å². The molecule has 2 amide bonds. The van der Waals surface area contributed by atoms with Crippen molar-refractivity contribution in [2.45, 2.75) is 6.18 Å². The summed E-state index contributed by atoms with van der Waals surface area (Å²) in [6.07, 6.45) is -4.46. The number of halogens is 5. The monoisotopic (exact) mass is 286 g/mol. The number of rotatable bonds is 2. The third kappa shape index (κ3) is 5.14. The maximum Gasteiger partial charge on any atom is 0.405 e. The molecule has 0 aliphatic heterocycles. The van der Waals surface area contributed by atoms with E-state index in [-0.39, 0.29) is 10.7 Å². The predicted octanol–water partition coefficient (Wildman–Crippen LogP) is 3.68. The number of amides is 2. The summed E-state index contributed by atoms with van der Waals surface area (Å²) >= 11 is 11.3. The van der Waals surface area contributed by atoms with E-state index in [9.17, 15) is 18.0 Å². The molecule has 0 fully saturated rings. The minimum Gasteiger partial charge on any atom is -0.329 e. The maximum atomic E-state index is 11.8. The highest BCUT2D eigenvalue weighted by Gasteiger charge is 2.27. The van der Waals surface area contributed by atoms with Gasteiger partial charge in [0.1, 0.15) is 6.54 Å². The molecule has 0 aromatic heterocycles. The van der Waals surface area contributed by atoms with E-state index >= 15 is 0 Å². The maximum absolute atomic E-state index is 11.8. The SMILES string of the molecule is O=C(NCC(F)(F)F)Nc1ccc(Cl)cc1Cl. The zero-order valence-corrected chi connectivity index (χ0v) is 9.75. The van der Waals surface area contributed by atoms with Crippen molar-refractivity contribution in [3.8, 4) is 0 Å². The largest absolute Gasteiger partial charge is 0.405 e. The summed E-state index contributed by atoms with van der Waals surface area (Å²) < 4.78 is 35.4. The van der Waals surface area contributed by atoms with E-state index in [2.05, 4.69) is 5.32 Å². The minimum atomic E-state index is -4.46. The number of carbonyl (C=O) groups excluding carboxylic acids is 1. The average molecular weight is 287 g/mol. The standard InChI is InChI=1S/C9H7Cl2F3N2O/c10-5-1-2-7(6(11)3-5)16-8(17)15-4-9(12,13)14/h1-3H,4H2,(H2,15,16,17). The van der Waals surface area contributed by atoms with Crippen LogP contribution in [0.3, 0.4) is 0 Å². The molecule has 94 valence electrons. The lowest BCUT2D eigenvalue weighted by molar-refractivity contribution is -0.122. The van der Waals surface area contributed by atoms with Crippen LogP contribution in [0.1, 0.15) is 0 Å². The van der Waals surface area contributed by atoms with Crippen molar-refractivity contribution < 1.29 is 18.0 Å². The van der Waals surface area contributed by atoms with Gasteiger partial charge in [-0.1, -0.05) is 23.2 Å². The molecule has 0 saturated carbocycles. The first kappa shape index (κ1) is 13.9. The molecule has 3 nitrogen and oxygen atoms in total. The highest BCUT2D eigenvalue weighted by Crippen LogP contribution is 2.25. The van der Waals surface area contributed by atoms with Crippen LogP contribution in [0.5, 0.6) is 0 Å². The van der Waals surface area contributed by atoms with Crippen LogP contribution in [0.4, 0.5) is 23.7 Å². The number of hydrogen-bond acceptors (Lipinski definition) is 1. The van der Waals surface area contributed by atoms with Gasteiger partial charge in [-0.3, -0.25) is 0 Å². The first-order valence-electron chi connectivity index (χ1n) is 4.34. The second-order valence-corrected chi connectivity index (χ2v) is 3.89. The van der Waals surface area contributed by atoms with Crippen LogP contribution in [0.15, 0.2) is 18.2 Å². The van der Waals surface area contributed by atoms with Gasteiger partial charge in [0.25, 0.3) is 0 Å². The van der Waals surface area contributed by atoms with Crippen LogP contribution in [0, 0.1) is 0 Å². The fraction of sp³-hybridized carbons (Fsp3) is 0.222. The third-order valence-corrected chi connectivity index (χ3v) is 2.18. The Hall–Kier alpha value is -1.14. The van der Waals surface area contributed by atoms with Gasteiger partial charge in [0.05, 0.1) is 10.7 Å². The van der Waals surface area contributed by atoms with Crippen LogP contribution in [-0.4, -0.2) is 18.8 Å². The van der Waals surface area contributed by atoms with Gasteiger partial charge < -0.3 is 10.6 Å². The number of alkyl halides is 3. The summed E-state index contributed by atoms with van der Waals surface area (Å²) in [7, 11) is 0. The van der Waals surface area contributed by atoms with Crippen LogP contribution in [0.25, 0.3) is 0 Å². The molecule has 0 spiro atoms. The van der Waals surface area contributed by atoms with Crippen LogP contribution in [0.2, 0.25) is 10.0 Å². The van der Waals surface area contributed by atoms with Crippen molar-refractivity contribution >= 4 is 34.9 Å². The second-order valence-electron chi connectivity index (χ2n) is 3.05. The van der Waals surface area contributed by atoms with E-state index < -0.39 is 18.8 Å². The quantitative estimate of drug-likeness (QED) is 0.856. The fourth-order valence-corrected chi connectivity index (χ4v) is 1.39. The van der Waals surface area contributed by atoms with E-state index in [0.717, 1.165) is 0 Å². The normalized spacial score (nSPS) is 11.1. The molecule has 0 heterocycles. The summed E-state index contributed by atoms with van der Waals surface area (Å²) in [5.74, 6) is 0. The van der Waals surface area contributed by atoms with Crippen molar-refractivity contribution in [1.29, 1.82) is 0 Å². The Kier molecular flexibility index (Phi) is 4.47. The van der Waals surface area contributed by atoms with Gasteiger partial charge in [0.2, 0.25) is 0 Å². The van der Waals surface area contributed by atoms with Gasteiger partial charge >= 0.3 is 12.2 Å². The van der Waals surface area contributed by atoms with Crippen LogP contribution < -0.4 is 10.6 Å². The van der Waals surface area contributed by atoms with Crippen molar-refractivity contribution in [1.82, 2.24) is 5.32 Å². The Balaban J connectivity index is 2.57. The van der Waals surface area contributed by atoms with Gasteiger partial charge in [-0.15, -0.1) is 0 Å². The van der Waals surface area contributed by atoms with Gasteiger partial charge in [-0.05, 0) is 18.2 Å². The molecule has 8 heteroatoms. The van der Waals surface area contributed by atoms with Crippen molar-refractivity contribution in [2.24, 2.45) is 0 Å². The van der Waals surface area contributed by atoms with Crippen molar-refractivity contribution in [3.05, 3.63) is 28.2 Å². The molecule has 2 N–H and O–H groups in total. The van der Waals surface area contributed by atoms with Gasteiger partial charge in [0.15, 0.2) is 0 Å². The number of benzene rings is 1. The number of anilines is 1. The van der Waals surface area contributed by atoms with Crippen LogP contribution in [-0.2, 0) is 0 Å². The molecule has 0 saturated heterocycles. The molecule has 1 aromatic rings. The highest BCUT2D eigenvalue weighted by atomic mass is 35.5. The second kappa shape index (κ2) is 5.46. The number of nitrogens with one attached hydrogen (secondary N) is 2. The molecule has 0 atom stereocenters. The first-order chi connectivity index (χ1) is 7.78. The third-order valence-electron chi connectivity index (χ3n) is 1.63. The van der Waals surface area contributed by atoms with E-state index in [1.165, 1.54) is 18.2 Å². The lowest BCUT2D eigenvalue weighted by Crippen LogP contribution is -2.36. The highest BCUT2D eigenvalue weighted by molar-refractivity contribution is 6.36. The summed E-state index contributed by atoms with van der Waals surface area (Å²) in [6, 6.07) is 3.21. The Morgan fingerprint density at radius 1 is 1.29 bits per heavy atom. The van der Waals surface area contributed by atoms with Crippen molar-refractivity contribution in [3.63, 3.8) is 0 Å². The zero-order valence-electron chi connectivity index (χ0n) is 8.24. The average Bonchev–Trinajstić information content (AvgIpc) is 2.18. The molecule has 0 bridgehead atoms. The van der Waals surface area contributed by atoms with E-state index in [0.29, 0.717) is 5.02 Å². The smallest absolute Gasteiger partial charge is 0.329 e. The summed E-state index contributed by atoms with van der Waals surface area (Å²) in [5, 5.41) is 4.31. The number of carbonyl (C=O) groups is 1. The number of hydrogen-bond donors (Lipinski definition) is 2. The lowest BCUT2D eigenvalue weighted by atomic mass is 10.3. The lowest BCUT2D eigenvalue weighted by Gasteiger charge is -2.10. The Labute approximate surface area is 105 Å². The molecule has 1 rings (SSSR count). The summed E-state index contributed by atoms with van der Waals surface area (Å²) in [5.41, 5.74) is 0.177. The summed E-state index contributed by atoms with van der Waals surface area (Å²) in [6.45, 7) is -1.41. The van der Waals surface area contributed by atoms with E-state index in [1.807, 2.05) is 0 Å². The molecule has 0 aliphatic carbocycles. The molecule has 17 heavy (non-hydrogen) atoms. The molecule has 0 aliphatic rings. The van der Waals surface area contributed by atoms with Crippen molar-refractivity contribution in [2.75, 3.05) is 11.9 Å². The Morgan fingerprint density at radius 2 is 1.94 bits per heavy atom. The first-order valence-corrected chi connectivity index (χ1v) is 5.10. The Morgan fingerprint density at radius 3 is 2.47 bits per heavy atom. The van der Waals surface area contributed by atoms with Crippen LogP contribution >= 0.6 is 23.2 Å². The number of urea groups is 1. The van der Waals surface area contributed by atoms with E-state index in [1.54, 1.807) is 5.32 Å². The molecular weight excluding hydrogens is 280 g/mol. The zero-order chi connectivity index (χ0) is 13.1. The summed E-state index contributed by atoms with van der Waals surface area (Å²) in [4.78, 5) is 11.1. The topological polar surface area (TPSA) is 41.1 Å². The fourth-order valence-electron chi connectivity index (χ4n) is 0.938. The molecule has 1 aromatic carbocycles. The molecule has 0 radical (unpaired) electrons. The molecular formula is C9H7Cl2F3N2O. The Bertz CT molecular complexity index is 423. The molecule has 0 unspecified atom stereocenters. The predicted molar refractivity (Wildman–Crippen MR) is 59.5 cm³/mol. The van der Waals surface area contributed by atoms with E-state index in [4.69, 9.17) is 23.2 Å². The minimum absolute atomic E-state index is 0.139. The van der Waals surface area contributed by atoms with Gasteiger partial charge in [-0.25, -0.2) is 4.79 Å².